The smallest absolute Gasteiger partial charge is 0.148 e. The quantitative estimate of drug-likeness (QED) is 0.403. The van der Waals surface area contributed by atoms with Gasteiger partial charge in [0.15, 0.2) is 0 Å². The van der Waals surface area contributed by atoms with Gasteiger partial charge < -0.3 is 15.6 Å². The number of anilines is 1. The Balaban J connectivity index is 1.91. The van der Waals surface area contributed by atoms with Crippen LogP contribution in [0.5, 0.6) is 5.75 Å². The summed E-state index contributed by atoms with van der Waals surface area (Å²) < 4.78 is 8.69. The van der Waals surface area contributed by atoms with Crippen molar-refractivity contribution < 1.29 is 9.84 Å². The van der Waals surface area contributed by atoms with Gasteiger partial charge in [-0.2, -0.15) is 15.6 Å². The molecule has 0 amide bonds. The fraction of sp³-hybridized carbons (Fsp3) is 0.174. The molecule has 32 heavy (non-hydrogen) atoms. The van der Waals surface area contributed by atoms with Crippen LogP contribution in [0.15, 0.2) is 45.3 Å². The molecule has 1 aromatic heterocycles. The Morgan fingerprint density at radius 1 is 1.22 bits per heavy atom. The van der Waals surface area contributed by atoms with Crippen LogP contribution in [0.4, 0.5) is 5.82 Å². The van der Waals surface area contributed by atoms with Crippen molar-refractivity contribution in [3.63, 3.8) is 0 Å². The van der Waals surface area contributed by atoms with Gasteiger partial charge in [0.2, 0.25) is 0 Å². The van der Waals surface area contributed by atoms with Crippen molar-refractivity contribution in [1.29, 1.82) is 10.5 Å². The van der Waals surface area contributed by atoms with Gasteiger partial charge in [-0.15, -0.1) is 0 Å². The standard InChI is InChI=1S/C23H19Br2N5O2/c1-14-2-4-15(5-3-14)13-32-22-19(24)9-16(10-20(22)25)8-17(11-26)21-18(12-27)23(28)30(29-21)6-7-31/h2-5,8-10,31H,6-7,13,28H2,1H3. The summed E-state index contributed by atoms with van der Waals surface area (Å²) >= 11 is 7.06. The summed E-state index contributed by atoms with van der Waals surface area (Å²) in [7, 11) is 0. The van der Waals surface area contributed by atoms with Crippen molar-refractivity contribution in [2.24, 2.45) is 0 Å². The molecule has 3 rings (SSSR count). The molecule has 0 radical (unpaired) electrons. The number of nitriles is 2. The third-order valence-electron chi connectivity index (χ3n) is 4.63. The summed E-state index contributed by atoms with van der Waals surface area (Å²) in [5.74, 6) is 0.746. The monoisotopic (exact) mass is 555 g/mol. The Morgan fingerprint density at radius 2 is 1.88 bits per heavy atom. The van der Waals surface area contributed by atoms with Crippen LogP contribution in [0, 0.1) is 29.6 Å². The topological polar surface area (TPSA) is 121 Å². The van der Waals surface area contributed by atoms with Gasteiger partial charge in [0.1, 0.15) is 41.6 Å². The fourth-order valence-corrected chi connectivity index (χ4v) is 4.45. The average molecular weight is 557 g/mol. The molecule has 0 saturated carbocycles. The number of benzene rings is 2. The molecular formula is C23H19Br2N5O2. The second kappa shape index (κ2) is 10.5. The van der Waals surface area contributed by atoms with Gasteiger partial charge in [-0.25, -0.2) is 4.68 Å². The summed E-state index contributed by atoms with van der Waals surface area (Å²) in [5, 5.41) is 32.6. The molecule has 1 heterocycles. The summed E-state index contributed by atoms with van der Waals surface area (Å²) in [4.78, 5) is 0. The molecule has 3 N–H and O–H groups in total. The number of nitrogen functional groups attached to an aromatic ring is 1. The molecule has 0 aliphatic carbocycles. The molecular weight excluding hydrogens is 538 g/mol. The predicted octanol–water partition coefficient (Wildman–Crippen LogP) is 4.81. The van der Waals surface area contributed by atoms with Gasteiger partial charge in [-0.1, -0.05) is 29.8 Å². The number of rotatable bonds is 7. The number of aliphatic hydroxyl groups is 1. The highest BCUT2D eigenvalue weighted by Gasteiger charge is 2.19. The maximum absolute atomic E-state index is 9.70. The number of aliphatic hydroxyl groups excluding tert-OH is 1. The second-order valence-electron chi connectivity index (χ2n) is 6.93. The zero-order chi connectivity index (χ0) is 23.3. The van der Waals surface area contributed by atoms with E-state index in [1.54, 1.807) is 6.08 Å². The highest BCUT2D eigenvalue weighted by Crippen LogP contribution is 2.36. The van der Waals surface area contributed by atoms with E-state index in [2.05, 4.69) is 43.0 Å². The molecule has 0 saturated heterocycles. The van der Waals surface area contributed by atoms with Crippen LogP contribution in [0.25, 0.3) is 11.6 Å². The lowest BCUT2D eigenvalue weighted by Gasteiger charge is -2.12. The van der Waals surface area contributed by atoms with Crippen molar-refractivity contribution >= 4 is 49.3 Å². The van der Waals surface area contributed by atoms with Gasteiger partial charge in [0, 0.05) is 0 Å². The Bertz CT molecular complexity index is 1230. The molecule has 7 nitrogen and oxygen atoms in total. The van der Waals surface area contributed by atoms with E-state index >= 15 is 0 Å². The van der Waals surface area contributed by atoms with Crippen molar-refractivity contribution in [2.45, 2.75) is 20.1 Å². The van der Waals surface area contributed by atoms with Crippen molar-refractivity contribution in [2.75, 3.05) is 12.3 Å². The van der Waals surface area contributed by atoms with Crippen LogP contribution in [0.2, 0.25) is 0 Å². The summed E-state index contributed by atoms with van der Waals surface area (Å²) in [5.41, 5.74) is 9.32. The first-order valence-corrected chi connectivity index (χ1v) is 11.1. The maximum Gasteiger partial charge on any atom is 0.148 e. The second-order valence-corrected chi connectivity index (χ2v) is 8.63. The van der Waals surface area contributed by atoms with E-state index in [1.165, 1.54) is 10.2 Å². The first-order valence-electron chi connectivity index (χ1n) is 9.54. The molecule has 162 valence electrons. The molecule has 0 spiro atoms. The van der Waals surface area contributed by atoms with Crippen LogP contribution in [0.1, 0.15) is 27.9 Å². The number of nitrogens with zero attached hydrogens (tertiary/aromatic N) is 4. The van der Waals surface area contributed by atoms with E-state index < -0.39 is 0 Å². The number of allylic oxidation sites excluding steroid dienone is 1. The van der Waals surface area contributed by atoms with Crippen LogP contribution in [0.3, 0.4) is 0 Å². The van der Waals surface area contributed by atoms with Crippen LogP contribution in [-0.4, -0.2) is 21.5 Å². The number of aromatic nitrogens is 2. The third kappa shape index (κ3) is 5.20. The number of nitrogens with two attached hydrogens (primary N) is 1. The SMILES string of the molecule is Cc1ccc(COc2c(Br)cc(C=C(C#N)c3nn(CCO)c(N)c3C#N)cc2Br)cc1. The summed E-state index contributed by atoms with van der Waals surface area (Å²) in [6, 6.07) is 15.8. The minimum atomic E-state index is -0.189. The molecule has 2 aromatic carbocycles. The lowest BCUT2D eigenvalue weighted by molar-refractivity contribution is 0.270. The van der Waals surface area contributed by atoms with E-state index in [-0.39, 0.29) is 35.8 Å². The van der Waals surface area contributed by atoms with Gasteiger partial charge in [-0.05, 0) is 68.1 Å². The summed E-state index contributed by atoms with van der Waals surface area (Å²) in [6.45, 7) is 2.38. The average Bonchev–Trinajstić information content (AvgIpc) is 3.08. The molecule has 0 bridgehead atoms. The maximum atomic E-state index is 9.70. The largest absolute Gasteiger partial charge is 0.487 e. The zero-order valence-electron chi connectivity index (χ0n) is 17.1. The van der Waals surface area contributed by atoms with Gasteiger partial charge in [-0.3, -0.25) is 0 Å². The molecule has 0 aliphatic heterocycles. The Labute approximate surface area is 202 Å². The number of halogens is 2. The minimum absolute atomic E-state index is 0.0995. The minimum Gasteiger partial charge on any atom is -0.487 e. The van der Waals surface area contributed by atoms with Crippen molar-refractivity contribution in [3.05, 3.63) is 73.3 Å². The lowest BCUT2D eigenvalue weighted by Crippen LogP contribution is -2.07. The first kappa shape index (κ1) is 23.6. The normalized spacial score (nSPS) is 11.1. The van der Waals surface area contributed by atoms with E-state index in [4.69, 9.17) is 15.6 Å². The Kier molecular flexibility index (Phi) is 7.70. The van der Waals surface area contributed by atoms with E-state index in [9.17, 15) is 10.5 Å². The number of hydrogen-bond acceptors (Lipinski definition) is 6. The highest BCUT2D eigenvalue weighted by molar-refractivity contribution is 9.11. The highest BCUT2D eigenvalue weighted by atomic mass is 79.9. The number of ether oxygens (including phenoxy) is 1. The van der Waals surface area contributed by atoms with E-state index in [0.29, 0.717) is 26.9 Å². The summed E-state index contributed by atoms with van der Waals surface area (Å²) in [6.07, 6.45) is 1.62. The Hall–Kier alpha value is -3.11. The Morgan fingerprint density at radius 3 is 2.44 bits per heavy atom. The molecule has 0 aliphatic rings. The third-order valence-corrected chi connectivity index (χ3v) is 5.80. The van der Waals surface area contributed by atoms with E-state index in [1.807, 2.05) is 49.4 Å². The number of hydrogen-bond donors (Lipinski definition) is 2. The van der Waals surface area contributed by atoms with Gasteiger partial charge >= 0.3 is 0 Å². The molecule has 0 fully saturated rings. The molecule has 9 heteroatoms. The fourth-order valence-electron chi connectivity index (χ4n) is 3.00. The van der Waals surface area contributed by atoms with Crippen LogP contribution >= 0.6 is 31.9 Å². The van der Waals surface area contributed by atoms with Crippen molar-refractivity contribution in [1.82, 2.24) is 9.78 Å². The first-order chi connectivity index (χ1) is 15.4. The lowest BCUT2D eigenvalue weighted by atomic mass is 10.1. The van der Waals surface area contributed by atoms with Crippen LogP contribution in [-0.2, 0) is 13.2 Å². The van der Waals surface area contributed by atoms with Crippen molar-refractivity contribution in [3.8, 4) is 17.9 Å². The predicted molar refractivity (Wildman–Crippen MR) is 129 cm³/mol. The molecule has 3 aromatic rings. The van der Waals surface area contributed by atoms with Gasteiger partial charge in [0.05, 0.1) is 27.7 Å². The van der Waals surface area contributed by atoms with E-state index in [0.717, 1.165) is 5.56 Å². The van der Waals surface area contributed by atoms with Crippen LogP contribution < -0.4 is 10.5 Å². The zero-order valence-corrected chi connectivity index (χ0v) is 20.3. The van der Waals surface area contributed by atoms with Gasteiger partial charge in [0.25, 0.3) is 0 Å². The molecule has 0 unspecified atom stereocenters. The molecule has 0 atom stereocenters. The number of aryl methyl sites for hydroxylation is 1.